The lowest BCUT2D eigenvalue weighted by Crippen LogP contribution is -2.04. The summed E-state index contributed by atoms with van der Waals surface area (Å²) in [6.07, 6.45) is 0.512. The van der Waals surface area contributed by atoms with Gasteiger partial charge < -0.3 is 9.30 Å². The lowest BCUT2D eigenvalue weighted by atomic mass is 10.1. The van der Waals surface area contributed by atoms with Crippen LogP contribution in [0, 0.1) is 6.92 Å². The molecule has 0 unspecified atom stereocenters. The Kier molecular flexibility index (Phi) is 3.94. The fourth-order valence-corrected chi connectivity index (χ4v) is 1.67. The molecule has 5 heteroatoms. The van der Waals surface area contributed by atoms with Gasteiger partial charge in [0.25, 0.3) is 0 Å². The zero-order valence-corrected chi connectivity index (χ0v) is 11.4. The van der Waals surface area contributed by atoms with Gasteiger partial charge in [-0.05, 0) is 31.2 Å². The second-order valence-electron chi connectivity index (χ2n) is 4.31. The van der Waals surface area contributed by atoms with E-state index in [1.165, 1.54) is 0 Å². The summed E-state index contributed by atoms with van der Waals surface area (Å²) in [6.45, 7) is 4.10. The highest BCUT2D eigenvalue weighted by Gasteiger charge is 2.06. The molecule has 0 aliphatic rings. The highest BCUT2D eigenvalue weighted by Crippen LogP contribution is 2.14. The van der Waals surface area contributed by atoms with E-state index in [2.05, 4.69) is 10.2 Å². The van der Waals surface area contributed by atoms with Gasteiger partial charge in [0.1, 0.15) is 18.2 Å². The van der Waals surface area contributed by atoms with Crippen molar-refractivity contribution in [3.63, 3.8) is 0 Å². The van der Waals surface area contributed by atoms with Crippen molar-refractivity contribution in [1.82, 2.24) is 14.8 Å². The summed E-state index contributed by atoms with van der Waals surface area (Å²) in [6, 6.07) is 7.16. The van der Waals surface area contributed by atoms with Gasteiger partial charge >= 0.3 is 0 Å². The zero-order valence-electron chi connectivity index (χ0n) is 11.4. The molecule has 0 amide bonds. The minimum atomic E-state index is 0.135. The Bertz CT molecular complexity index is 573. The average molecular weight is 259 g/mol. The molecule has 0 saturated heterocycles. The number of hydrogen-bond donors (Lipinski definition) is 0. The Morgan fingerprint density at radius 2 is 1.95 bits per heavy atom. The van der Waals surface area contributed by atoms with Crippen molar-refractivity contribution in [2.24, 2.45) is 7.05 Å². The third kappa shape index (κ3) is 2.99. The van der Waals surface area contributed by atoms with Gasteiger partial charge in [-0.15, -0.1) is 10.2 Å². The molecule has 0 fully saturated rings. The molecule has 1 heterocycles. The van der Waals surface area contributed by atoms with Crippen LogP contribution in [0.15, 0.2) is 24.3 Å². The molecular weight excluding hydrogens is 242 g/mol. The van der Waals surface area contributed by atoms with Crippen LogP contribution in [0.1, 0.15) is 35.4 Å². The standard InChI is InChI=1S/C14H17N3O2/c1-4-13(18)11-5-7-12(8-6-11)19-9-14-16-15-10(2)17(14)3/h5-8H,4,9H2,1-3H3. The van der Waals surface area contributed by atoms with Crippen LogP contribution in [0.25, 0.3) is 0 Å². The largest absolute Gasteiger partial charge is 0.486 e. The second-order valence-corrected chi connectivity index (χ2v) is 4.31. The molecule has 2 rings (SSSR count). The van der Waals surface area contributed by atoms with E-state index in [4.69, 9.17) is 4.74 Å². The van der Waals surface area contributed by atoms with Gasteiger partial charge in [-0.2, -0.15) is 0 Å². The van der Waals surface area contributed by atoms with Crippen molar-refractivity contribution in [3.8, 4) is 5.75 Å². The van der Waals surface area contributed by atoms with Crippen LogP contribution >= 0.6 is 0 Å². The summed E-state index contributed by atoms with van der Waals surface area (Å²) < 4.78 is 7.50. The van der Waals surface area contributed by atoms with Gasteiger partial charge in [-0.1, -0.05) is 6.92 Å². The molecule has 2 aromatic rings. The first-order chi connectivity index (χ1) is 9.11. The van der Waals surface area contributed by atoms with E-state index in [1.54, 1.807) is 24.3 Å². The van der Waals surface area contributed by atoms with Crippen LogP contribution in [0.3, 0.4) is 0 Å². The van der Waals surface area contributed by atoms with Crippen LogP contribution in [0.4, 0.5) is 0 Å². The first-order valence-corrected chi connectivity index (χ1v) is 6.22. The maximum Gasteiger partial charge on any atom is 0.170 e. The zero-order chi connectivity index (χ0) is 13.8. The third-order valence-corrected chi connectivity index (χ3v) is 3.05. The summed E-state index contributed by atoms with van der Waals surface area (Å²) in [4.78, 5) is 11.5. The molecule has 0 radical (unpaired) electrons. The van der Waals surface area contributed by atoms with E-state index in [-0.39, 0.29) is 5.78 Å². The van der Waals surface area contributed by atoms with Crippen molar-refractivity contribution in [1.29, 1.82) is 0 Å². The van der Waals surface area contributed by atoms with Crippen molar-refractivity contribution in [3.05, 3.63) is 41.5 Å². The van der Waals surface area contributed by atoms with E-state index < -0.39 is 0 Å². The summed E-state index contributed by atoms with van der Waals surface area (Å²) in [7, 11) is 1.90. The van der Waals surface area contributed by atoms with Crippen LogP contribution < -0.4 is 4.74 Å². The fourth-order valence-electron chi connectivity index (χ4n) is 1.67. The van der Waals surface area contributed by atoms with Gasteiger partial charge in [0.15, 0.2) is 11.6 Å². The number of ether oxygens (including phenoxy) is 1. The molecule has 1 aromatic carbocycles. The number of aromatic nitrogens is 3. The Morgan fingerprint density at radius 1 is 1.26 bits per heavy atom. The first kappa shape index (κ1) is 13.3. The molecule has 19 heavy (non-hydrogen) atoms. The number of carbonyl (C=O) groups excluding carboxylic acids is 1. The highest BCUT2D eigenvalue weighted by molar-refractivity contribution is 5.95. The fraction of sp³-hybridized carbons (Fsp3) is 0.357. The number of Topliss-reactive ketones (excluding diaryl/α,β-unsaturated/α-hetero) is 1. The highest BCUT2D eigenvalue weighted by atomic mass is 16.5. The van der Waals surface area contributed by atoms with E-state index >= 15 is 0 Å². The van der Waals surface area contributed by atoms with Gasteiger partial charge in [-0.25, -0.2) is 0 Å². The molecule has 100 valence electrons. The monoisotopic (exact) mass is 259 g/mol. The molecule has 0 N–H and O–H groups in total. The average Bonchev–Trinajstić information content (AvgIpc) is 2.76. The Morgan fingerprint density at radius 3 is 2.47 bits per heavy atom. The predicted octanol–water partition coefficient (Wildman–Crippen LogP) is 2.30. The van der Waals surface area contributed by atoms with Crippen molar-refractivity contribution in [2.45, 2.75) is 26.9 Å². The number of nitrogens with zero attached hydrogens (tertiary/aromatic N) is 3. The van der Waals surface area contributed by atoms with E-state index in [1.807, 2.05) is 25.5 Å². The molecule has 0 spiro atoms. The van der Waals surface area contributed by atoms with E-state index in [0.717, 1.165) is 11.6 Å². The number of ketones is 1. The van der Waals surface area contributed by atoms with Gasteiger partial charge in [-0.3, -0.25) is 4.79 Å². The number of hydrogen-bond acceptors (Lipinski definition) is 4. The lowest BCUT2D eigenvalue weighted by Gasteiger charge is -2.06. The molecule has 0 aliphatic carbocycles. The normalized spacial score (nSPS) is 10.5. The summed E-state index contributed by atoms with van der Waals surface area (Å²) in [5.41, 5.74) is 0.712. The first-order valence-electron chi connectivity index (χ1n) is 6.22. The lowest BCUT2D eigenvalue weighted by molar-refractivity contribution is 0.0988. The quantitative estimate of drug-likeness (QED) is 0.773. The van der Waals surface area contributed by atoms with Crippen LogP contribution in [-0.4, -0.2) is 20.5 Å². The summed E-state index contributed by atoms with van der Waals surface area (Å²) in [5, 5.41) is 7.99. The van der Waals surface area contributed by atoms with Crippen LogP contribution in [-0.2, 0) is 13.7 Å². The molecule has 0 bridgehead atoms. The molecule has 0 saturated carbocycles. The summed E-state index contributed by atoms with van der Waals surface area (Å²) in [5.74, 6) is 2.47. The molecule has 0 atom stereocenters. The van der Waals surface area contributed by atoms with Crippen LogP contribution in [0.5, 0.6) is 5.75 Å². The summed E-state index contributed by atoms with van der Waals surface area (Å²) >= 11 is 0. The van der Waals surface area contributed by atoms with Crippen molar-refractivity contribution < 1.29 is 9.53 Å². The number of aryl methyl sites for hydroxylation is 1. The van der Waals surface area contributed by atoms with Crippen molar-refractivity contribution >= 4 is 5.78 Å². The minimum Gasteiger partial charge on any atom is -0.486 e. The molecule has 0 aliphatic heterocycles. The molecule has 1 aromatic heterocycles. The molecule has 5 nitrogen and oxygen atoms in total. The smallest absolute Gasteiger partial charge is 0.170 e. The van der Waals surface area contributed by atoms with Gasteiger partial charge in [0.05, 0.1) is 0 Å². The number of rotatable bonds is 5. The second kappa shape index (κ2) is 5.65. The third-order valence-electron chi connectivity index (χ3n) is 3.05. The Labute approximate surface area is 112 Å². The van der Waals surface area contributed by atoms with E-state index in [0.29, 0.717) is 24.3 Å². The predicted molar refractivity (Wildman–Crippen MR) is 71.1 cm³/mol. The SMILES string of the molecule is CCC(=O)c1ccc(OCc2nnc(C)n2C)cc1. The number of carbonyl (C=O) groups is 1. The Balaban J connectivity index is 2.00. The maximum absolute atomic E-state index is 11.5. The van der Waals surface area contributed by atoms with Gasteiger partial charge in [0.2, 0.25) is 0 Å². The number of benzene rings is 1. The maximum atomic E-state index is 11.5. The van der Waals surface area contributed by atoms with E-state index in [9.17, 15) is 4.79 Å². The topological polar surface area (TPSA) is 57.0 Å². The minimum absolute atomic E-state index is 0.135. The Hall–Kier alpha value is -2.17. The van der Waals surface area contributed by atoms with Crippen LogP contribution in [0.2, 0.25) is 0 Å². The van der Waals surface area contributed by atoms with Gasteiger partial charge in [0, 0.05) is 19.0 Å². The molecular formula is C14H17N3O2. The van der Waals surface area contributed by atoms with Crippen molar-refractivity contribution in [2.75, 3.05) is 0 Å².